The zero-order valence-electron chi connectivity index (χ0n) is 11.6. The van der Waals surface area contributed by atoms with Crippen LogP contribution in [0.3, 0.4) is 0 Å². The molecule has 0 saturated carbocycles. The minimum absolute atomic E-state index is 0.115. The molecule has 0 amide bonds. The fraction of sp³-hybridized carbons (Fsp3) is 0.294. The highest BCUT2D eigenvalue weighted by Gasteiger charge is 2.09. The number of hydrogen-bond acceptors (Lipinski definition) is 2. The topological polar surface area (TPSA) is 21.3 Å². The van der Waals surface area contributed by atoms with Gasteiger partial charge in [0.25, 0.3) is 0 Å². The summed E-state index contributed by atoms with van der Waals surface area (Å²) in [6, 6.07) is 18.7. The molecule has 2 rings (SSSR count). The average molecular weight is 255 g/mol. The molecule has 0 spiro atoms. The molecule has 2 nitrogen and oxygen atoms in total. The minimum atomic E-state index is 0.115. The van der Waals surface area contributed by atoms with Gasteiger partial charge in [0.1, 0.15) is 0 Å². The van der Waals surface area contributed by atoms with Crippen molar-refractivity contribution in [3.8, 4) is 0 Å². The molecular formula is C17H21NO. The molecule has 0 saturated heterocycles. The van der Waals surface area contributed by atoms with Crippen LogP contribution in [0.25, 0.3) is 0 Å². The van der Waals surface area contributed by atoms with Gasteiger partial charge in [0.2, 0.25) is 0 Å². The fourth-order valence-electron chi connectivity index (χ4n) is 2.15. The Labute approximate surface area is 115 Å². The predicted molar refractivity (Wildman–Crippen MR) is 80.3 cm³/mol. The van der Waals surface area contributed by atoms with E-state index in [4.69, 9.17) is 4.74 Å². The normalized spacial score (nSPS) is 12.1. The van der Waals surface area contributed by atoms with E-state index in [1.807, 2.05) is 13.0 Å². The molecule has 1 unspecified atom stereocenters. The van der Waals surface area contributed by atoms with Crippen LogP contribution in [0.4, 0.5) is 5.69 Å². The van der Waals surface area contributed by atoms with Gasteiger partial charge >= 0.3 is 0 Å². The highest BCUT2D eigenvalue weighted by atomic mass is 16.5. The van der Waals surface area contributed by atoms with Crippen molar-refractivity contribution in [2.45, 2.75) is 26.5 Å². The molecule has 0 aliphatic heterocycles. The highest BCUT2D eigenvalue weighted by Crippen LogP contribution is 2.25. The van der Waals surface area contributed by atoms with Crippen LogP contribution in [0.1, 0.15) is 31.1 Å². The van der Waals surface area contributed by atoms with Gasteiger partial charge in [-0.15, -0.1) is 0 Å². The van der Waals surface area contributed by atoms with E-state index in [9.17, 15) is 0 Å². The van der Waals surface area contributed by atoms with E-state index in [1.165, 1.54) is 11.1 Å². The Morgan fingerprint density at radius 2 is 1.68 bits per heavy atom. The number of hydrogen-bond donors (Lipinski definition) is 1. The van der Waals surface area contributed by atoms with E-state index >= 15 is 0 Å². The van der Waals surface area contributed by atoms with Gasteiger partial charge in [0.15, 0.2) is 0 Å². The van der Waals surface area contributed by atoms with Crippen LogP contribution in [-0.2, 0) is 11.3 Å². The maximum absolute atomic E-state index is 5.68. The van der Waals surface area contributed by atoms with Gasteiger partial charge < -0.3 is 10.1 Å². The van der Waals surface area contributed by atoms with Gasteiger partial charge in [0, 0.05) is 24.4 Å². The molecule has 2 aromatic rings. The Balaban J connectivity index is 2.07. The molecule has 0 fully saturated rings. The second kappa shape index (κ2) is 6.95. The van der Waals surface area contributed by atoms with E-state index in [0.29, 0.717) is 0 Å². The second-order valence-corrected chi connectivity index (χ2v) is 4.52. The lowest BCUT2D eigenvalue weighted by atomic mass is 10.1. The van der Waals surface area contributed by atoms with Crippen molar-refractivity contribution in [2.24, 2.45) is 0 Å². The second-order valence-electron chi connectivity index (χ2n) is 4.52. The maximum atomic E-state index is 5.68. The van der Waals surface area contributed by atoms with Gasteiger partial charge in [-0.25, -0.2) is 0 Å². The molecule has 0 aliphatic rings. The van der Waals surface area contributed by atoms with Gasteiger partial charge in [-0.2, -0.15) is 0 Å². The average Bonchev–Trinajstić information content (AvgIpc) is 2.47. The summed E-state index contributed by atoms with van der Waals surface area (Å²) in [4.78, 5) is 0. The van der Waals surface area contributed by atoms with E-state index in [-0.39, 0.29) is 6.10 Å². The van der Waals surface area contributed by atoms with Gasteiger partial charge in [-0.1, -0.05) is 48.5 Å². The Morgan fingerprint density at radius 1 is 1.00 bits per heavy atom. The maximum Gasteiger partial charge on any atom is 0.0816 e. The highest BCUT2D eigenvalue weighted by molar-refractivity contribution is 5.52. The Hall–Kier alpha value is -1.80. The first-order chi connectivity index (χ1) is 9.31. The van der Waals surface area contributed by atoms with E-state index < -0.39 is 0 Å². The Kier molecular flexibility index (Phi) is 4.99. The van der Waals surface area contributed by atoms with Crippen molar-refractivity contribution in [3.05, 3.63) is 65.7 Å². The van der Waals surface area contributed by atoms with E-state index in [1.54, 1.807) is 0 Å². The van der Waals surface area contributed by atoms with Crippen molar-refractivity contribution in [1.29, 1.82) is 0 Å². The summed E-state index contributed by atoms with van der Waals surface area (Å²) in [6.45, 7) is 5.67. The van der Waals surface area contributed by atoms with Crippen LogP contribution < -0.4 is 5.32 Å². The first-order valence-corrected chi connectivity index (χ1v) is 6.79. The summed E-state index contributed by atoms with van der Waals surface area (Å²) < 4.78 is 5.68. The summed E-state index contributed by atoms with van der Waals surface area (Å²) in [5, 5.41) is 3.49. The molecule has 0 aromatic heterocycles. The smallest absolute Gasteiger partial charge is 0.0816 e. The van der Waals surface area contributed by atoms with Crippen LogP contribution >= 0.6 is 0 Å². The lowest BCUT2D eigenvalue weighted by Crippen LogP contribution is -2.06. The van der Waals surface area contributed by atoms with Crippen LogP contribution in [0.2, 0.25) is 0 Å². The number of benzene rings is 2. The number of anilines is 1. The first-order valence-electron chi connectivity index (χ1n) is 6.79. The molecule has 100 valence electrons. The third kappa shape index (κ3) is 3.83. The molecule has 0 bridgehead atoms. The molecule has 19 heavy (non-hydrogen) atoms. The zero-order chi connectivity index (χ0) is 13.5. The summed E-state index contributed by atoms with van der Waals surface area (Å²) in [7, 11) is 0. The van der Waals surface area contributed by atoms with Crippen molar-refractivity contribution < 1.29 is 4.74 Å². The molecule has 0 heterocycles. The molecule has 1 atom stereocenters. The number of rotatable bonds is 6. The summed E-state index contributed by atoms with van der Waals surface area (Å²) in [6.07, 6.45) is 0.115. The Morgan fingerprint density at radius 3 is 2.42 bits per heavy atom. The summed E-state index contributed by atoms with van der Waals surface area (Å²) >= 11 is 0. The summed E-state index contributed by atoms with van der Waals surface area (Å²) in [5.74, 6) is 0. The van der Waals surface area contributed by atoms with Crippen LogP contribution in [0.15, 0.2) is 54.6 Å². The predicted octanol–water partition coefficient (Wildman–Crippen LogP) is 4.40. The first kappa shape index (κ1) is 13.6. The number of ether oxygens (including phenoxy) is 1. The van der Waals surface area contributed by atoms with Crippen LogP contribution in [-0.4, -0.2) is 6.61 Å². The minimum Gasteiger partial charge on any atom is -0.381 e. The van der Waals surface area contributed by atoms with Crippen molar-refractivity contribution in [2.75, 3.05) is 11.9 Å². The van der Waals surface area contributed by atoms with Crippen molar-refractivity contribution in [3.63, 3.8) is 0 Å². The monoisotopic (exact) mass is 255 g/mol. The molecule has 1 N–H and O–H groups in total. The lowest BCUT2D eigenvalue weighted by Gasteiger charge is -2.17. The standard InChI is InChI=1S/C17H21NO/c1-3-19-14(2)16-11-7-8-12-17(16)18-13-15-9-5-4-6-10-15/h4-12,14,18H,3,13H2,1-2H3. The third-order valence-corrected chi connectivity index (χ3v) is 3.14. The van der Waals surface area contributed by atoms with Gasteiger partial charge in [0.05, 0.1) is 6.10 Å². The lowest BCUT2D eigenvalue weighted by molar-refractivity contribution is 0.0768. The Bertz CT molecular complexity index is 496. The molecule has 2 aromatic carbocycles. The molecule has 2 heteroatoms. The zero-order valence-corrected chi connectivity index (χ0v) is 11.6. The fourth-order valence-corrected chi connectivity index (χ4v) is 2.15. The van der Waals surface area contributed by atoms with Crippen molar-refractivity contribution >= 4 is 5.69 Å². The molecule has 0 aliphatic carbocycles. The SMILES string of the molecule is CCOC(C)c1ccccc1NCc1ccccc1. The largest absolute Gasteiger partial charge is 0.381 e. The number of nitrogens with one attached hydrogen (secondary N) is 1. The van der Waals surface area contributed by atoms with Gasteiger partial charge in [-0.3, -0.25) is 0 Å². The van der Waals surface area contributed by atoms with Crippen LogP contribution in [0.5, 0.6) is 0 Å². The molecule has 0 radical (unpaired) electrons. The summed E-state index contributed by atoms with van der Waals surface area (Å²) in [5.41, 5.74) is 3.63. The quantitative estimate of drug-likeness (QED) is 0.826. The van der Waals surface area contributed by atoms with E-state index in [2.05, 4.69) is 60.8 Å². The third-order valence-electron chi connectivity index (χ3n) is 3.14. The number of para-hydroxylation sites is 1. The van der Waals surface area contributed by atoms with Crippen LogP contribution in [0, 0.1) is 0 Å². The van der Waals surface area contributed by atoms with Gasteiger partial charge in [-0.05, 0) is 25.5 Å². The van der Waals surface area contributed by atoms with E-state index in [0.717, 1.165) is 18.8 Å². The molecular weight excluding hydrogens is 234 g/mol. The van der Waals surface area contributed by atoms with Crippen molar-refractivity contribution in [1.82, 2.24) is 0 Å².